The summed E-state index contributed by atoms with van der Waals surface area (Å²) in [5.74, 6) is 0.388. The number of aryl methyl sites for hydroxylation is 1. The first kappa shape index (κ1) is 21.6. The van der Waals surface area contributed by atoms with Crippen LogP contribution < -0.4 is 5.56 Å². The molecule has 29 heavy (non-hydrogen) atoms. The fraction of sp³-hybridized carbons (Fsp3) is 0.737. The molecule has 3 heterocycles. The van der Waals surface area contributed by atoms with E-state index in [0.29, 0.717) is 30.8 Å². The van der Waals surface area contributed by atoms with Crippen molar-refractivity contribution in [2.45, 2.75) is 63.2 Å². The fourth-order valence-corrected chi connectivity index (χ4v) is 4.27. The highest BCUT2D eigenvalue weighted by Gasteiger charge is 2.41. The topological polar surface area (TPSA) is 108 Å². The van der Waals surface area contributed by atoms with Gasteiger partial charge in [0.15, 0.2) is 5.16 Å². The molecule has 1 aromatic rings. The molecule has 0 aromatic carbocycles. The number of aromatic amines is 1. The Balaban J connectivity index is 1.52. The second-order valence-corrected chi connectivity index (χ2v) is 8.45. The van der Waals surface area contributed by atoms with E-state index in [9.17, 15) is 14.4 Å². The molecule has 3 rings (SSSR count). The number of thioether (sulfide) groups is 1. The van der Waals surface area contributed by atoms with Gasteiger partial charge in [-0.1, -0.05) is 32.0 Å². The highest BCUT2D eigenvalue weighted by atomic mass is 32.2. The molecule has 1 N–H and O–H groups in total. The van der Waals surface area contributed by atoms with Gasteiger partial charge in [-0.05, 0) is 25.0 Å². The Morgan fingerprint density at radius 3 is 2.66 bits per heavy atom. The van der Waals surface area contributed by atoms with Gasteiger partial charge in [-0.2, -0.15) is 0 Å². The fourth-order valence-electron chi connectivity index (χ4n) is 3.95. The highest BCUT2D eigenvalue weighted by molar-refractivity contribution is 7.98. The minimum Gasteiger partial charge on any atom is -0.447 e. The number of piperidine rings is 1. The molecule has 10 heteroatoms. The number of nitrogens with zero attached hydrogens (tertiary/aromatic N) is 4. The van der Waals surface area contributed by atoms with Crippen molar-refractivity contribution in [1.82, 2.24) is 25.0 Å². The molecule has 160 valence electrons. The van der Waals surface area contributed by atoms with Crippen molar-refractivity contribution >= 4 is 23.8 Å². The van der Waals surface area contributed by atoms with Gasteiger partial charge in [0.25, 0.3) is 5.56 Å². The molecule has 0 radical (unpaired) electrons. The predicted octanol–water partition coefficient (Wildman–Crippen LogP) is 1.68. The average molecular weight is 424 g/mol. The quantitative estimate of drug-likeness (QED) is 0.665. The lowest BCUT2D eigenvalue weighted by Crippen LogP contribution is -2.51. The Hall–Kier alpha value is -2.10. The van der Waals surface area contributed by atoms with Crippen LogP contribution in [0.1, 0.15) is 45.2 Å². The molecular weight excluding hydrogens is 394 g/mol. The molecule has 9 nitrogen and oxygen atoms in total. The second kappa shape index (κ2) is 9.60. The molecule has 2 aliphatic rings. The third-order valence-corrected chi connectivity index (χ3v) is 6.54. The SMILES string of the molecule is CCC(C)C1COC(=O)N1C1CCN(C(=O)CCc2nnc(SC)[nH]c2=O)CC1. The van der Waals surface area contributed by atoms with Crippen LogP contribution in [0.2, 0.25) is 0 Å². The number of hydrogen-bond acceptors (Lipinski definition) is 7. The molecule has 0 bridgehead atoms. The van der Waals surface area contributed by atoms with Gasteiger partial charge in [0, 0.05) is 32.0 Å². The molecule has 2 unspecified atom stereocenters. The van der Waals surface area contributed by atoms with Gasteiger partial charge in [0.2, 0.25) is 5.91 Å². The van der Waals surface area contributed by atoms with Crippen molar-refractivity contribution < 1.29 is 14.3 Å². The Morgan fingerprint density at radius 1 is 1.31 bits per heavy atom. The molecule has 0 spiro atoms. The van der Waals surface area contributed by atoms with E-state index in [0.717, 1.165) is 19.3 Å². The Labute approximate surface area is 174 Å². The van der Waals surface area contributed by atoms with Gasteiger partial charge < -0.3 is 9.64 Å². The van der Waals surface area contributed by atoms with Crippen molar-refractivity contribution in [3.05, 3.63) is 16.0 Å². The maximum atomic E-state index is 12.6. The first-order valence-corrected chi connectivity index (χ1v) is 11.4. The van der Waals surface area contributed by atoms with Crippen LogP contribution in [0.5, 0.6) is 0 Å². The predicted molar refractivity (Wildman–Crippen MR) is 109 cm³/mol. The van der Waals surface area contributed by atoms with Crippen LogP contribution in [0.3, 0.4) is 0 Å². The van der Waals surface area contributed by atoms with Crippen LogP contribution in [-0.2, 0) is 16.0 Å². The molecule has 2 atom stereocenters. The van der Waals surface area contributed by atoms with Crippen molar-refractivity contribution in [2.24, 2.45) is 5.92 Å². The smallest absolute Gasteiger partial charge is 0.410 e. The Kier molecular flexibility index (Phi) is 7.15. The highest BCUT2D eigenvalue weighted by Crippen LogP contribution is 2.28. The summed E-state index contributed by atoms with van der Waals surface area (Å²) in [7, 11) is 0. The number of hydrogen-bond donors (Lipinski definition) is 1. The minimum absolute atomic E-state index is 0.000989. The van der Waals surface area contributed by atoms with Crippen LogP contribution in [0.4, 0.5) is 4.79 Å². The first-order chi connectivity index (χ1) is 13.9. The van der Waals surface area contributed by atoms with Crippen LogP contribution in [0.25, 0.3) is 0 Å². The van der Waals surface area contributed by atoms with Crippen molar-refractivity contribution in [3.8, 4) is 0 Å². The average Bonchev–Trinajstić information content (AvgIpc) is 3.13. The first-order valence-electron chi connectivity index (χ1n) is 10.2. The number of ether oxygens (including phenoxy) is 1. The summed E-state index contributed by atoms with van der Waals surface area (Å²) in [5, 5.41) is 8.31. The van der Waals surface area contributed by atoms with Gasteiger partial charge in [0.05, 0.1) is 6.04 Å². The molecule has 1 aromatic heterocycles. The Morgan fingerprint density at radius 2 is 2.03 bits per heavy atom. The molecular formula is C19H29N5O4S. The molecule has 0 saturated carbocycles. The molecule has 2 fully saturated rings. The van der Waals surface area contributed by atoms with Crippen molar-refractivity contribution in [3.63, 3.8) is 0 Å². The Bertz CT molecular complexity index is 793. The molecule has 0 aliphatic carbocycles. The number of rotatable bonds is 7. The van der Waals surface area contributed by atoms with E-state index in [1.54, 1.807) is 6.26 Å². The number of H-pyrrole nitrogens is 1. The lowest BCUT2D eigenvalue weighted by molar-refractivity contribution is -0.132. The van der Waals surface area contributed by atoms with Crippen molar-refractivity contribution in [2.75, 3.05) is 26.0 Å². The number of carbonyl (C=O) groups is 2. The summed E-state index contributed by atoms with van der Waals surface area (Å²) in [5.41, 5.74) is -0.0123. The van der Waals surface area contributed by atoms with E-state index in [-0.39, 0.29) is 48.2 Å². The summed E-state index contributed by atoms with van der Waals surface area (Å²) in [6.45, 7) is 5.94. The van der Waals surface area contributed by atoms with E-state index < -0.39 is 0 Å². The van der Waals surface area contributed by atoms with Crippen LogP contribution in [0.15, 0.2) is 9.95 Å². The van der Waals surface area contributed by atoms with E-state index in [4.69, 9.17) is 4.74 Å². The van der Waals surface area contributed by atoms with E-state index >= 15 is 0 Å². The molecule has 2 saturated heterocycles. The maximum Gasteiger partial charge on any atom is 0.410 e. The summed E-state index contributed by atoms with van der Waals surface area (Å²) in [4.78, 5) is 43.1. The van der Waals surface area contributed by atoms with Gasteiger partial charge in [0.1, 0.15) is 12.3 Å². The van der Waals surface area contributed by atoms with E-state index in [1.165, 1.54) is 11.8 Å². The zero-order chi connectivity index (χ0) is 21.0. The van der Waals surface area contributed by atoms with Gasteiger partial charge in [-0.3, -0.25) is 19.5 Å². The van der Waals surface area contributed by atoms with Crippen molar-refractivity contribution in [1.29, 1.82) is 0 Å². The standard InChI is InChI=1S/C19H29N5O4S/c1-4-12(2)15-11-28-19(27)24(15)13-7-9-23(10-8-13)16(25)6-5-14-17(26)20-18(29-3)22-21-14/h12-13,15H,4-11H2,1-3H3,(H,20,22,26). The monoisotopic (exact) mass is 423 g/mol. The van der Waals surface area contributed by atoms with E-state index in [2.05, 4.69) is 29.0 Å². The number of cyclic esters (lactones) is 1. The number of nitrogens with one attached hydrogen (secondary N) is 1. The third-order valence-electron chi connectivity index (χ3n) is 5.97. The number of amides is 2. The van der Waals surface area contributed by atoms with Crippen LogP contribution in [0, 0.1) is 5.92 Å². The normalized spacial score (nSPS) is 21.3. The minimum atomic E-state index is -0.292. The summed E-state index contributed by atoms with van der Waals surface area (Å²) >= 11 is 1.31. The zero-order valence-corrected chi connectivity index (χ0v) is 18.0. The van der Waals surface area contributed by atoms with Gasteiger partial charge in [-0.15, -0.1) is 10.2 Å². The summed E-state index contributed by atoms with van der Waals surface area (Å²) in [6, 6.07) is 0.232. The number of aromatic nitrogens is 3. The summed E-state index contributed by atoms with van der Waals surface area (Å²) < 4.78 is 5.30. The largest absolute Gasteiger partial charge is 0.447 e. The van der Waals surface area contributed by atoms with E-state index in [1.807, 2.05) is 9.80 Å². The third kappa shape index (κ3) is 4.91. The van der Waals surface area contributed by atoms with Crippen LogP contribution in [-0.4, -0.2) is 75.0 Å². The lowest BCUT2D eigenvalue weighted by atomic mass is 9.95. The summed E-state index contributed by atoms with van der Waals surface area (Å²) in [6.07, 6.45) is 4.56. The lowest BCUT2D eigenvalue weighted by Gasteiger charge is -2.39. The number of carbonyl (C=O) groups excluding carboxylic acids is 2. The van der Waals surface area contributed by atoms with Gasteiger partial charge >= 0.3 is 6.09 Å². The second-order valence-electron chi connectivity index (χ2n) is 7.66. The maximum absolute atomic E-state index is 12.6. The number of likely N-dealkylation sites (tertiary alicyclic amines) is 1. The van der Waals surface area contributed by atoms with Gasteiger partial charge in [-0.25, -0.2) is 4.79 Å². The van der Waals surface area contributed by atoms with Crippen LogP contribution >= 0.6 is 11.8 Å². The molecule has 2 amide bonds. The molecule has 2 aliphatic heterocycles. The zero-order valence-electron chi connectivity index (χ0n) is 17.2.